The zero-order valence-corrected chi connectivity index (χ0v) is 10.8. The van der Waals surface area contributed by atoms with E-state index in [-0.39, 0.29) is 0 Å². The molecule has 0 radical (unpaired) electrons. The van der Waals surface area contributed by atoms with Gasteiger partial charge in [0.2, 0.25) is 0 Å². The molecule has 1 fully saturated rings. The molecule has 0 bridgehead atoms. The number of carboxylic acids is 1. The van der Waals surface area contributed by atoms with Crippen LogP contribution in [0.3, 0.4) is 0 Å². The predicted molar refractivity (Wildman–Crippen MR) is 70.2 cm³/mol. The van der Waals surface area contributed by atoms with Crippen LogP contribution in [0.25, 0.3) is 0 Å². The van der Waals surface area contributed by atoms with E-state index in [1.807, 2.05) is 25.1 Å². The number of nitrogens with one attached hydrogen (secondary N) is 1. The number of carboxylic acid groups (broad SMARTS) is 1. The summed E-state index contributed by atoms with van der Waals surface area (Å²) in [6.45, 7) is 1.95. The van der Waals surface area contributed by atoms with E-state index in [1.54, 1.807) is 7.11 Å². The first-order valence-corrected chi connectivity index (χ1v) is 6.24. The van der Waals surface area contributed by atoms with Gasteiger partial charge in [0.25, 0.3) is 0 Å². The fourth-order valence-electron chi connectivity index (χ4n) is 2.60. The molecule has 4 nitrogen and oxygen atoms in total. The highest BCUT2D eigenvalue weighted by atomic mass is 16.5. The van der Waals surface area contributed by atoms with Crippen molar-refractivity contribution in [2.24, 2.45) is 0 Å². The van der Waals surface area contributed by atoms with Gasteiger partial charge in [-0.25, -0.2) is 4.79 Å². The summed E-state index contributed by atoms with van der Waals surface area (Å²) >= 11 is 0. The van der Waals surface area contributed by atoms with Crippen molar-refractivity contribution in [3.63, 3.8) is 0 Å². The maximum absolute atomic E-state index is 11.4. The molecule has 1 aromatic carbocycles. The highest BCUT2D eigenvalue weighted by molar-refractivity contribution is 5.83. The minimum atomic E-state index is -0.791. The number of aliphatic carboxylic acids is 1. The third-order valence-electron chi connectivity index (χ3n) is 3.64. The van der Waals surface area contributed by atoms with Crippen molar-refractivity contribution in [2.45, 2.75) is 38.1 Å². The molecular weight excluding hydrogens is 230 g/mol. The molecule has 0 spiro atoms. The minimum absolute atomic E-state index is 0.688. The second kappa shape index (κ2) is 4.88. The lowest BCUT2D eigenvalue weighted by Crippen LogP contribution is -2.43. The molecule has 0 heterocycles. The maximum atomic E-state index is 11.4. The van der Waals surface area contributed by atoms with Crippen LogP contribution < -0.4 is 10.1 Å². The molecule has 4 heteroatoms. The monoisotopic (exact) mass is 249 g/mol. The Hall–Kier alpha value is -1.71. The van der Waals surface area contributed by atoms with E-state index in [0.29, 0.717) is 12.8 Å². The molecule has 0 saturated heterocycles. The maximum Gasteiger partial charge on any atom is 0.329 e. The lowest BCUT2D eigenvalue weighted by Gasteiger charge is -2.27. The summed E-state index contributed by atoms with van der Waals surface area (Å²) in [5, 5.41) is 12.6. The Morgan fingerprint density at radius 2 is 2.06 bits per heavy atom. The van der Waals surface area contributed by atoms with Crippen molar-refractivity contribution in [3.8, 4) is 5.75 Å². The number of anilines is 1. The number of ether oxygens (including phenoxy) is 1. The fourth-order valence-corrected chi connectivity index (χ4v) is 2.60. The Bertz CT molecular complexity index is 450. The molecule has 0 amide bonds. The number of hydrogen-bond donors (Lipinski definition) is 2. The number of aryl methyl sites for hydroxylation is 1. The Labute approximate surface area is 107 Å². The minimum Gasteiger partial charge on any atom is -0.496 e. The number of methoxy groups -OCH3 is 1. The smallest absolute Gasteiger partial charge is 0.329 e. The molecule has 18 heavy (non-hydrogen) atoms. The summed E-state index contributed by atoms with van der Waals surface area (Å²) in [6, 6.07) is 5.67. The van der Waals surface area contributed by atoms with Gasteiger partial charge in [-0.3, -0.25) is 0 Å². The van der Waals surface area contributed by atoms with E-state index in [1.165, 1.54) is 0 Å². The second-order valence-electron chi connectivity index (χ2n) is 4.90. The van der Waals surface area contributed by atoms with E-state index in [2.05, 4.69) is 5.32 Å². The van der Waals surface area contributed by atoms with Gasteiger partial charge in [0.1, 0.15) is 11.3 Å². The van der Waals surface area contributed by atoms with Crippen LogP contribution in [0.15, 0.2) is 18.2 Å². The van der Waals surface area contributed by atoms with E-state index >= 15 is 0 Å². The van der Waals surface area contributed by atoms with Crippen molar-refractivity contribution in [3.05, 3.63) is 23.8 Å². The van der Waals surface area contributed by atoms with E-state index < -0.39 is 11.5 Å². The van der Waals surface area contributed by atoms with Crippen molar-refractivity contribution >= 4 is 11.7 Å². The summed E-state index contributed by atoms with van der Waals surface area (Å²) in [7, 11) is 1.63. The van der Waals surface area contributed by atoms with Gasteiger partial charge < -0.3 is 15.2 Å². The van der Waals surface area contributed by atoms with Crippen molar-refractivity contribution < 1.29 is 14.6 Å². The topological polar surface area (TPSA) is 58.6 Å². The highest BCUT2D eigenvalue weighted by Gasteiger charge is 2.41. The first-order valence-electron chi connectivity index (χ1n) is 6.24. The molecule has 0 atom stereocenters. The normalized spacial score (nSPS) is 17.4. The Balaban J connectivity index is 2.22. The average molecular weight is 249 g/mol. The molecule has 1 aromatic rings. The summed E-state index contributed by atoms with van der Waals surface area (Å²) in [4.78, 5) is 11.4. The Morgan fingerprint density at radius 3 is 2.56 bits per heavy atom. The molecule has 0 aromatic heterocycles. The number of rotatable bonds is 4. The standard InChI is InChI=1S/C14H19NO3/c1-10-9-11(5-6-12(10)18-2)15-14(13(16)17)7-3-4-8-14/h5-6,9,15H,3-4,7-8H2,1-2H3,(H,16,17). The quantitative estimate of drug-likeness (QED) is 0.861. The Kier molecular flexibility index (Phi) is 3.45. The Morgan fingerprint density at radius 1 is 1.39 bits per heavy atom. The van der Waals surface area contributed by atoms with E-state index in [0.717, 1.165) is 29.8 Å². The molecule has 2 rings (SSSR count). The van der Waals surface area contributed by atoms with Crippen LogP contribution in [0.5, 0.6) is 5.75 Å². The predicted octanol–water partition coefficient (Wildman–Crippen LogP) is 2.81. The van der Waals surface area contributed by atoms with Crippen LogP contribution in [0.4, 0.5) is 5.69 Å². The molecule has 0 aliphatic heterocycles. The lowest BCUT2D eigenvalue weighted by molar-refractivity contribution is -0.142. The number of hydrogen-bond acceptors (Lipinski definition) is 3. The van der Waals surface area contributed by atoms with E-state index in [4.69, 9.17) is 4.74 Å². The third kappa shape index (κ3) is 2.28. The van der Waals surface area contributed by atoms with Crippen molar-refractivity contribution in [1.29, 1.82) is 0 Å². The van der Waals surface area contributed by atoms with Gasteiger partial charge in [-0.1, -0.05) is 12.8 Å². The molecule has 98 valence electrons. The largest absolute Gasteiger partial charge is 0.496 e. The van der Waals surface area contributed by atoms with Crippen LogP contribution in [0.1, 0.15) is 31.2 Å². The third-order valence-corrected chi connectivity index (χ3v) is 3.64. The second-order valence-corrected chi connectivity index (χ2v) is 4.90. The summed E-state index contributed by atoms with van der Waals surface area (Å²) in [5.41, 5.74) is 1.06. The summed E-state index contributed by atoms with van der Waals surface area (Å²) in [5.74, 6) is 0.0600. The highest BCUT2D eigenvalue weighted by Crippen LogP contribution is 2.34. The number of benzene rings is 1. The van der Waals surface area contributed by atoms with E-state index in [9.17, 15) is 9.90 Å². The van der Waals surface area contributed by atoms with Crippen LogP contribution in [-0.4, -0.2) is 23.7 Å². The van der Waals surface area contributed by atoms with Gasteiger partial charge in [-0.15, -0.1) is 0 Å². The summed E-state index contributed by atoms with van der Waals surface area (Å²) in [6.07, 6.45) is 3.31. The van der Waals surface area contributed by atoms with Crippen molar-refractivity contribution in [2.75, 3.05) is 12.4 Å². The van der Waals surface area contributed by atoms with Gasteiger partial charge >= 0.3 is 5.97 Å². The van der Waals surface area contributed by atoms with Crippen LogP contribution in [0, 0.1) is 6.92 Å². The molecule has 1 aliphatic carbocycles. The van der Waals surface area contributed by atoms with Gasteiger partial charge in [0.15, 0.2) is 0 Å². The number of carbonyl (C=O) groups is 1. The molecule has 1 aliphatic rings. The van der Waals surface area contributed by atoms with Crippen LogP contribution in [-0.2, 0) is 4.79 Å². The fraction of sp³-hybridized carbons (Fsp3) is 0.500. The molecule has 2 N–H and O–H groups in total. The first kappa shape index (κ1) is 12.7. The zero-order chi connectivity index (χ0) is 13.2. The molecular formula is C14H19NO3. The van der Waals surface area contributed by atoms with Gasteiger partial charge in [0.05, 0.1) is 7.11 Å². The first-order chi connectivity index (χ1) is 8.57. The van der Waals surface area contributed by atoms with Gasteiger partial charge in [0, 0.05) is 5.69 Å². The lowest BCUT2D eigenvalue weighted by atomic mass is 9.97. The average Bonchev–Trinajstić information content (AvgIpc) is 2.79. The van der Waals surface area contributed by atoms with Crippen molar-refractivity contribution in [1.82, 2.24) is 0 Å². The molecule has 1 saturated carbocycles. The van der Waals surface area contributed by atoms with Gasteiger partial charge in [-0.2, -0.15) is 0 Å². The van der Waals surface area contributed by atoms with Gasteiger partial charge in [-0.05, 0) is 43.5 Å². The zero-order valence-electron chi connectivity index (χ0n) is 10.8. The SMILES string of the molecule is COc1ccc(NC2(C(=O)O)CCCC2)cc1C. The van der Waals surface area contributed by atoms with Crippen LogP contribution >= 0.6 is 0 Å². The molecule has 0 unspecified atom stereocenters. The summed E-state index contributed by atoms with van der Waals surface area (Å²) < 4.78 is 5.20. The van der Waals surface area contributed by atoms with Crippen LogP contribution in [0.2, 0.25) is 0 Å².